The number of halogens is 3. The summed E-state index contributed by atoms with van der Waals surface area (Å²) in [4.78, 5) is -0.302. The van der Waals surface area contributed by atoms with Crippen molar-refractivity contribution in [3.63, 3.8) is 0 Å². The van der Waals surface area contributed by atoms with Gasteiger partial charge >= 0.3 is 6.36 Å². The third-order valence-corrected chi connectivity index (χ3v) is 7.36. The molecule has 0 saturated heterocycles. The van der Waals surface area contributed by atoms with Crippen LogP contribution in [-0.2, 0) is 27.1 Å². The maximum absolute atomic E-state index is 12.9. The van der Waals surface area contributed by atoms with Crippen LogP contribution in [0.1, 0.15) is 11.6 Å². The minimum absolute atomic E-state index is 0.0138. The minimum Gasteiger partial charge on any atom is -0.406 e. The van der Waals surface area contributed by atoms with Crippen molar-refractivity contribution in [2.45, 2.75) is 22.2 Å². The van der Waals surface area contributed by atoms with Crippen LogP contribution in [0.15, 0.2) is 82.8 Å². The molecule has 0 amide bonds. The number of rotatable bonds is 9. The first-order valence-corrected chi connectivity index (χ1v) is 12.4. The lowest BCUT2D eigenvalue weighted by molar-refractivity contribution is -0.274. The maximum atomic E-state index is 12.9. The largest absolute Gasteiger partial charge is 0.573 e. The summed E-state index contributed by atoms with van der Waals surface area (Å²) < 4.78 is 97.9. The molecular weight excluding hydrogens is 483 g/mol. The van der Waals surface area contributed by atoms with Gasteiger partial charge in [0.2, 0.25) is 20.0 Å². The van der Waals surface area contributed by atoms with Crippen molar-refractivity contribution in [1.29, 1.82) is 0 Å². The average molecular weight is 504 g/mol. The number of aryl methyl sites for hydroxylation is 1. The molecule has 178 valence electrons. The van der Waals surface area contributed by atoms with Crippen LogP contribution >= 0.6 is 0 Å². The number of ether oxygens (including phenoxy) is 1. The summed E-state index contributed by atoms with van der Waals surface area (Å²) in [5, 5.41) is 0. The van der Waals surface area contributed by atoms with Gasteiger partial charge in [-0.05, 0) is 35.9 Å². The van der Waals surface area contributed by atoms with Crippen molar-refractivity contribution in [3.8, 4) is 5.75 Å². The minimum atomic E-state index is -4.91. The van der Waals surface area contributed by atoms with Gasteiger partial charge in [0.25, 0.3) is 0 Å². The molecule has 0 bridgehead atoms. The van der Waals surface area contributed by atoms with Gasteiger partial charge in [0, 0.05) is 26.0 Å². The lowest BCUT2D eigenvalue weighted by Crippen LogP contribution is -2.37. The van der Waals surface area contributed by atoms with Crippen molar-refractivity contribution in [2.75, 3.05) is 6.54 Å². The van der Waals surface area contributed by atoms with Gasteiger partial charge in [-0.2, -0.15) is 0 Å². The lowest BCUT2D eigenvalue weighted by atomic mass is 10.1. The molecule has 33 heavy (non-hydrogen) atoms. The normalized spacial score (nSPS) is 13.6. The summed E-state index contributed by atoms with van der Waals surface area (Å²) in [6, 6.07) is 12.3. The molecule has 0 radical (unpaired) electrons. The monoisotopic (exact) mass is 503 g/mol. The van der Waals surface area contributed by atoms with E-state index >= 15 is 0 Å². The van der Waals surface area contributed by atoms with E-state index in [1.54, 1.807) is 48.1 Å². The van der Waals surface area contributed by atoms with E-state index in [-0.39, 0.29) is 16.3 Å². The van der Waals surface area contributed by atoms with Gasteiger partial charge < -0.3 is 9.30 Å². The van der Waals surface area contributed by atoms with Crippen LogP contribution in [0.3, 0.4) is 0 Å². The molecular formula is C20H20F3N3O5S2. The van der Waals surface area contributed by atoms with Gasteiger partial charge in [-0.15, -0.1) is 13.2 Å². The molecule has 8 nitrogen and oxygen atoms in total. The molecule has 0 aliphatic heterocycles. The van der Waals surface area contributed by atoms with E-state index in [4.69, 9.17) is 0 Å². The van der Waals surface area contributed by atoms with Crippen molar-refractivity contribution >= 4 is 20.0 Å². The van der Waals surface area contributed by atoms with Crippen LogP contribution in [0.5, 0.6) is 5.75 Å². The van der Waals surface area contributed by atoms with Crippen LogP contribution in [0.4, 0.5) is 13.2 Å². The number of hydrogen-bond donors (Lipinski definition) is 2. The zero-order valence-corrected chi connectivity index (χ0v) is 18.8. The topological polar surface area (TPSA) is 107 Å². The lowest BCUT2D eigenvalue weighted by Gasteiger charge is -2.20. The molecule has 0 fully saturated rings. The predicted molar refractivity (Wildman–Crippen MR) is 113 cm³/mol. The Labute approximate surface area is 189 Å². The average Bonchev–Trinajstić information content (AvgIpc) is 3.18. The van der Waals surface area contributed by atoms with Gasteiger partial charge in [0.1, 0.15) is 5.75 Å². The Bertz CT molecular complexity index is 1290. The fourth-order valence-electron chi connectivity index (χ4n) is 2.90. The molecule has 0 aliphatic carbocycles. The smallest absolute Gasteiger partial charge is 0.406 e. The molecule has 0 saturated carbocycles. The van der Waals surface area contributed by atoms with E-state index in [0.29, 0.717) is 5.56 Å². The Kier molecular flexibility index (Phi) is 7.17. The molecule has 3 aromatic rings. The number of nitrogens with one attached hydrogen (secondary N) is 2. The number of nitrogens with zero attached hydrogens (tertiary/aromatic N) is 1. The highest BCUT2D eigenvalue weighted by atomic mass is 32.2. The molecule has 0 spiro atoms. The molecule has 3 rings (SSSR count). The second-order valence-electron chi connectivity index (χ2n) is 6.97. The van der Waals surface area contributed by atoms with E-state index in [2.05, 4.69) is 14.2 Å². The molecule has 0 aliphatic rings. The van der Waals surface area contributed by atoms with Crippen LogP contribution in [-0.4, -0.2) is 34.3 Å². The van der Waals surface area contributed by atoms with Crippen LogP contribution in [0.2, 0.25) is 0 Å². The summed E-state index contributed by atoms with van der Waals surface area (Å²) in [6.07, 6.45) is -1.96. The number of sulfonamides is 2. The summed E-state index contributed by atoms with van der Waals surface area (Å²) >= 11 is 0. The van der Waals surface area contributed by atoms with E-state index < -0.39 is 38.2 Å². The summed E-state index contributed by atoms with van der Waals surface area (Å²) in [5.41, 5.74) is 0.480. The molecule has 1 atom stereocenters. The van der Waals surface area contributed by atoms with E-state index in [9.17, 15) is 30.0 Å². The van der Waals surface area contributed by atoms with Gasteiger partial charge in [0.15, 0.2) is 0 Å². The maximum Gasteiger partial charge on any atom is 0.573 e. The number of aromatic nitrogens is 1. The molecule has 13 heteroatoms. The Morgan fingerprint density at radius 1 is 0.909 bits per heavy atom. The first kappa shape index (κ1) is 24.8. The standard InChI is InChI=1S/C20H20F3N3O5S2/c1-26-12-11-18(14-26)32(27,28)24-13-19(15-5-3-2-4-6-15)25-33(29,30)17-9-7-16(8-10-17)31-20(21,22)23/h2-12,14,19,24-25H,13H2,1H3. The highest BCUT2D eigenvalue weighted by Gasteiger charge is 2.31. The Morgan fingerprint density at radius 3 is 2.09 bits per heavy atom. The Morgan fingerprint density at radius 2 is 1.55 bits per heavy atom. The van der Waals surface area contributed by atoms with Crippen molar-refractivity contribution in [1.82, 2.24) is 14.0 Å². The number of alkyl halides is 3. The summed E-state index contributed by atoms with van der Waals surface area (Å²) in [6.45, 7) is -0.310. The Balaban J connectivity index is 1.81. The molecule has 1 aromatic heterocycles. The van der Waals surface area contributed by atoms with Crippen molar-refractivity contribution in [2.24, 2.45) is 7.05 Å². The fraction of sp³-hybridized carbons (Fsp3) is 0.200. The highest BCUT2D eigenvalue weighted by Crippen LogP contribution is 2.25. The molecule has 2 N–H and O–H groups in total. The second-order valence-corrected chi connectivity index (χ2v) is 10.4. The highest BCUT2D eigenvalue weighted by molar-refractivity contribution is 7.90. The fourth-order valence-corrected chi connectivity index (χ4v) is 5.22. The third-order valence-electron chi connectivity index (χ3n) is 4.46. The second kappa shape index (κ2) is 9.55. The zero-order chi connectivity index (χ0) is 24.3. The van der Waals surface area contributed by atoms with Gasteiger partial charge in [0.05, 0.1) is 15.8 Å². The van der Waals surface area contributed by atoms with Gasteiger partial charge in [-0.25, -0.2) is 26.3 Å². The molecule has 1 heterocycles. The van der Waals surface area contributed by atoms with E-state index in [0.717, 1.165) is 24.3 Å². The van der Waals surface area contributed by atoms with Crippen molar-refractivity contribution < 1.29 is 34.7 Å². The zero-order valence-electron chi connectivity index (χ0n) is 17.2. The predicted octanol–water partition coefficient (Wildman–Crippen LogP) is 2.92. The first-order chi connectivity index (χ1) is 15.4. The van der Waals surface area contributed by atoms with E-state index in [1.165, 1.54) is 12.3 Å². The quantitative estimate of drug-likeness (QED) is 0.467. The number of benzene rings is 2. The van der Waals surface area contributed by atoms with Crippen LogP contribution in [0.25, 0.3) is 0 Å². The van der Waals surface area contributed by atoms with Gasteiger partial charge in [-0.1, -0.05) is 30.3 Å². The Hall–Kier alpha value is -2.87. The van der Waals surface area contributed by atoms with E-state index in [1.807, 2.05) is 0 Å². The summed E-state index contributed by atoms with van der Waals surface area (Å²) in [7, 11) is -6.48. The van der Waals surface area contributed by atoms with Gasteiger partial charge in [-0.3, -0.25) is 0 Å². The first-order valence-electron chi connectivity index (χ1n) is 9.40. The summed E-state index contributed by atoms with van der Waals surface area (Å²) in [5.74, 6) is -0.573. The third kappa shape index (κ3) is 6.81. The van der Waals surface area contributed by atoms with Crippen molar-refractivity contribution in [3.05, 3.63) is 78.6 Å². The SMILES string of the molecule is Cn1ccc(S(=O)(=O)NCC(NS(=O)(=O)c2ccc(OC(F)(F)F)cc2)c2ccccc2)c1. The number of hydrogen-bond acceptors (Lipinski definition) is 5. The van der Waals surface area contributed by atoms with Crippen LogP contribution < -0.4 is 14.2 Å². The molecule has 1 unspecified atom stereocenters. The molecule has 2 aromatic carbocycles. The van der Waals surface area contributed by atoms with Crippen LogP contribution in [0, 0.1) is 0 Å².